The van der Waals surface area contributed by atoms with Crippen LogP contribution < -0.4 is 10.5 Å². The molecule has 0 unspecified atom stereocenters. The van der Waals surface area contributed by atoms with Crippen LogP contribution in [0.5, 0.6) is 5.75 Å². The third-order valence-corrected chi connectivity index (χ3v) is 1.60. The standard InChI is InChI=1S/C10H15N3O/c1-7(2)6-14-8-3-4-9(10(11)12)13-5-8/h3-5,7H,6H2,1-2H3,(H3,11,12). The first-order valence-corrected chi connectivity index (χ1v) is 4.53. The summed E-state index contributed by atoms with van der Waals surface area (Å²) >= 11 is 0. The Morgan fingerprint density at radius 3 is 2.71 bits per heavy atom. The normalized spacial score (nSPS) is 10.2. The maximum Gasteiger partial charge on any atom is 0.141 e. The van der Waals surface area contributed by atoms with Crippen LogP contribution in [0.3, 0.4) is 0 Å². The molecule has 1 aromatic heterocycles. The van der Waals surface area contributed by atoms with E-state index in [1.165, 1.54) is 0 Å². The van der Waals surface area contributed by atoms with Gasteiger partial charge in [-0.2, -0.15) is 0 Å². The van der Waals surface area contributed by atoms with E-state index < -0.39 is 0 Å². The van der Waals surface area contributed by atoms with E-state index in [2.05, 4.69) is 18.8 Å². The van der Waals surface area contributed by atoms with Crippen LogP contribution in [0.15, 0.2) is 18.3 Å². The fourth-order valence-electron chi connectivity index (χ4n) is 0.888. The molecule has 0 aliphatic heterocycles. The summed E-state index contributed by atoms with van der Waals surface area (Å²) in [7, 11) is 0. The molecule has 76 valence electrons. The number of nitrogens with one attached hydrogen (secondary N) is 1. The van der Waals surface area contributed by atoms with Crippen LogP contribution >= 0.6 is 0 Å². The molecule has 0 bridgehead atoms. The second-order valence-corrected chi connectivity index (χ2v) is 3.50. The fourth-order valence-corrected chi connectivity index (χ4v) is 0.888. The maximum atomic E-state index is 7.15. The van der Waals surface area contributed by atoms with Gasteiger partial charge in [0.15, 0.2) is 0 Å². The number of nitrogen functional groups attached to an aromatic ring is 1. The van der Waals surface area contributed by atoms with Crippen molar-refractivity contribution in [1.82, 2.24) is 4.98 Å². The lowest BCUT2D eigenvalue weighted by atomic mass is 10.2. The number of rotatable bonds is 4. The summed E-state index contributed by atoms with van der Waals surface area (Å²) in [5.41, 5.74) is 5.74. The highest BCUT2D eigenvalue weighted by Gasteiger charge is 2.00. The minimum Gasteiger partial charge on any atom is -0.492 e. The summed E-state index contributed by atoms with van der Waals surface area (Å²) in [6.07, 6.45) is 1.58. The number of nitrogens with zero attached hydrogens (tertiary/aromatic N) is 1. The number of nitrogens with two attached hydrogens (primary N) is 1. The van der Waals surface area contributed by atoms with Crippen LogP contribution in [0.4, 0.5) is 0 Å². The molecule has 14 heavy (non-hydrogen) atoms. The molecular weight excluding hydrogens is 178 g/mol. The molecular formula is C10H15N3O. The Hall–Kier alpha value is -1.58. The van der Waals surface area contributed by atoms with Crippen LogP contribution in [-0.2, 0) is 0 Å². The van der Waals surface area contributed by atoms with Gasteiger partial charge in [-0.1, -0.05) is 13.8 Å². The van der Waals surface area contributed by atoms with Gasteiger partial charge in [-0.3, -0.25) is 5.41 Å². The molecule has 0 fully saturated rings. The van der Waals surface area contributed by atoms with Gasteiger partial charge in [0.1, 0.15) is 17.3 Å². The number of hydrogen-bond acceptors (Lipinski definition) is 3. The highest BCUT2D eigenvalue weighted by Crippen LogP contribution is 2.09. The Balaban J connectivity index is 2.60. The largest absolute Gasteiger partial charge is 0.492 e. The zero-order valence-corrected chi connectivity index (χ0v) is 8.45. The van der Waals surface area contributed by atoms with E-state index in [1.54, 1.807) is 18.3 Å². The first-order valence-electron chi connectivity index (χ1n) is 4.53. The van der Waals surface area contributed by atoms with E-state index in [4.69, 9.17) is 15.9 Å². The summed E-state index contributed by atoms with van der Waals surface area (Å²) in [5, 5.41) is 7.15. The van der Waals surface area contributed by atoms with Gasteiger partial charge in [-0.25, -0.2) is 4.98 Å². The molecule has 0 aromatic carbocycles. The van der Waals surface area contributed by atoms with Gasteiger partial charge in [-0.05, 0) is 18.1 Å². The lowest BCUT2D eigenvalue weighted by molar-refractivity contribution is 0.270. The lowest BCUT2D eigenvalue weighted by Gasteiger charge is -2.08. The monoisotopic (exact) mass is 193 g/mol. The number of ether oxygens (including phenoxy) is 1. The predicted molar refractivity (Wildman–Crippen MR) is 55.6 cm³/mol. The van der Waals surface area contributed by atoms with Crippen molar-refractivity contribution in [1.29, 1.82) is 5.41 Å². The first kappa shape index (κ1) is 10.5. The molecule has 1 aromatic rings. The molecule has 0 aliphatic rings. The lowest BCUT2D eigenvalue weighted by Crippen LogP contribution is -2.13. The van der Waals surface area contributed by atoms with Gasteiger partial charge in [0.25, 0.3) is 0 Å². The van der Waals surface area contributed by atoms with Crippen LogP contribution in [0.25, 0.3) is 0 Å². The average molecular weight is 193 g/mol. The summed E-state index contributed by atoms with van der Waals surface area (Å²) in [4.78, 5) is 3.98. The van der Waals surface area contributed by atoms with E-state index in [-0.39, 0.29) is 5.84 Å². The Kier molecular flexibility index (Phi) is 3.45. The van der Waals surface area contributed by atoms with Crippen molar-refractivity contribution in [2.45, 2.75) is 13.8 Å². The fraction of sp³-hybridized carbons (Fsp3) is 0.400. The van der Waals surface area contributed by atoms with Gasteiger partial charge >= 0.3 is 0 Å². The summed E-state index contributed by atoms with van der Waals surface area (Å²) in [5.74, 6) is 1.17. The molecule has 1 rings (SSSR count). The topological polar surface area (TPSA) is 72.0 Å². The second-order valence-electron chi connectivity index (χ2n) is 3.50. The number of aromatic nitrogens is 1. The van der Waals surface area contributed by atoms with Crippen LogP contribution in [-0.4, -0.2) is 17.4 Å². The summed E-state index contributed by atoms with van der Waals surface area (Å²) in [6.45, 7) is 4.83. The highest BCUT2D eigenvalue weighted by atomic mass is 16.5. The van der Waals surface area contributed by atoms with Crippen molar-refractivity contribution >= 4 is 5.84 Å². The van der Waals surface area contributed by atoms with Crippen molar-refractivity contribution < 1.29 is 4.74 Å². The maximum absolute atomic E-state index is 7.15. The number of amidine groups is 1. The van der Waals surface area contributed by atoms with Crippen molar-refractivity contribution in [2.24, 2.45) is 11.7 Å². The second kappa shape index (κ2) is 4.60. The summed E-state index contributed by atoms with van der Waals surface area (Å²) in [6, 6.07) is 3.45. The molecule has 0 amide bonds. The van der Waals surface area contributed by atoms with Crippen LogP contribution in [0, 0.1) is 11.3 Å². The van der Waals surface area contributed by atoms with Crippen molar-refractivity contribution in [2.75, 3.05) is 6.61 Å². The van der Waals surface area contributed by atoms with E-state index in [1.807, 2.05) is 0 Å². The molecule has 0 saturated heterocycles. The Bertz CT molecular complexity index is 306. The predicted octanol–water partition coefficient (Wildman–Crippen LogP) is 1.40. The van der Waals surface area contributed by atoms with Gasteiger partial charge in [0.05, 0.1) is 12.8 Å². The number of hydrogen-bond donors (Lipinski definition) is 2. The minimum atomic E-state index is -0.0274. The van der Waals surface area contributed by atoms with Crippen molar-refractivity contribution in [3.8, 4) is 5.75 Å². The minimum absolute atomic E-state index is 0.0274. The molecule has 1 heterocycles. The molecule has 0 atom stereocenters. The van der Waals surface area contributed by atoms with E-state index >= 15 is 0 Å². The van der Waals surface area contributed by atoms with Crippen molar-refractivity contribution in [3.05, 3.63) is 24.0 Å². The molecule has 0 spiro atoms. The van der Waals surface area contributed by atoms with Gasteiger partial charge in [0, 0.05) is 0 Å². The Labute approximate surface area is 83.6 Å². The molecule has 0 saturated carbocycles. The quantitative estimate of drug-likeness (QED) is 0.560. The Morgan fingerprint density at radius 1 is 1.57 bits per heavy atom. The van der Waals surface area contributed by atoms with Crippen molar-refractivity contribution in [3.63, 3.8) is 0 Å². The van der Waals surface area contributed by atoms with E-state index in [0.29, 0.717) is 24.0 Å². The molecule has 3 N–H and O–H groups in total. The van der Waals surface area contributed by atoms with Gasteiger partial charge < -0.3 is 10.5 Å². The Morgan fingerprint density at radius 2 is 2.29 bits per heavy atom. The van der Waals surface area contributed by atoms with Crippen LogP contribution in [0.1, 0.15) is 19.5 Å². The molecule has 0 radical (unpaired) electrons. The smallest absolute Gasteiger partial charge is 0.141 e. The average Bonchev–Trinajstić information content (AvgIpc) is 2.15. The SMILES string of the molecule is CC(C)COc1ccc(C(=N)N)nc1. The van der Waals surface area contributed by atoms with E-state index in [0.717, 1.165) is 0 Å². The highest BCUT2D eigenvalue weighted by molar-refractivity contribution is 5.92. The van der Waals surface area contributed by atoms with Gasteiger partial charge in [-0.15, -0.1) is 0 Å². The third-order valence-electron chi connectivity index (χ3n) is 1.60. The number of pyridine rings is 1. The van der Waals surface area contributed by atoms with E-state index in [9.17, 15) is 0 Å². The molecule has 4 heteroatoms. The van der Waals surface area contributed by atoms with Gasteiger partial charge in [0.2, 0.25) is 0 Å². The summed E-state index contributed by atoms with van der Waals surface area (Å²) < 4.78 is 5.43. The third kappa shape index (κ3) is 3.05. The zero-order chi connectivity index (χ0) is 10.6. The first-order chi connectivity index (χ1) is 6.59. The zero-order valence-electron chi connectivity index (χ0n) is 8.45. The molecule has 0 aliphatic carbocycles. The van der Waals surface area contributed by atoms with Crippen LogP contribution in [0.2, 0.25) is 0 Å². The molecule has 4 nitrogen and oxygen atoms in total.